The smallest absolute Gasteiger partial charge is 0.368 e. The van der Waals surface area contributed by atoms with Crippen molar-refractivity contribution in [1.82, 2.24) is 0 Å². The average molecular weight is 545 g/mol. The van der Waals surface area contributed by atoms with E-state index in [0.717, 1.165) is 40.7 Å². The van der Waals surface area contributed by atoms with Gasteiger partial charge in [0, 0.05) is 17.4 Å². The van der Waals surface area contributed by atoms with E-state index in [4.69, 9.17) is 25.4 Å². The molecule has 196 valence electrons. The summed E-state index contributed by atoms with van der Waals surface area (Å²) in [6, 6.07) is 14.6. The quantitative estimate of drug-likeness (QED) is 0.316. The van der Waals surface area contributed by atoms with Crippen LogP contribution in [0.4, 0.5) is 4.39 Å². The van der Waals surface area contributed by atoms with E-state index in [1.165, 1.54) is 6.07 Å². The minimum absolute atomic E-state index is 0.0117. The molecule has 1 aliphatic heterocycles. The lowest BCUT2D eigenvalue weighted by atomic mass is 9.87. The fraction of sp³-hybridized carbons (Fsp3) is 0.379. The van der Waals surface area contributed by atoms with Crippen molar-refractivity contribution in [3.05, 3.63) is 92.8 Å². The predicted octanol–water partition coefficient (Wildman–Crippen LogP) is 8.40. The van der Waals surface area contributed by atoms with Crippen LogP contribution in [0.3, 0.4) is 0 Å². The number of phenols is 1. The van der Waals surface area contributed by atoms with Gasteiger partial charge in [-0.3, -0.25) is 9.09 Å². The molecule has 5 nitrogen and oxygen atoms in total. The Labute approximate surface area is 222 Å². The molecule has 0 radical (unpaired) electrons. The highest BCUT2D eigenvalue weighted by Gasteiger charge is 2.36. The molecule has 0 aromatic heterocycles. The van der Waals surface area contributed by atoms with Crippen molar-refractivity contribution in [2.75, 3.05) is 13.0 Å². The van der Waals surface area contributed by atoms with E-state index in [9.17, 15) is 14.1 Å². The number of ether oxygens (including phenoxy) is 1. The van der Waals surface area contributed by atoms with Crippen LogP contribution in [-0.2, 0) is 20.0 Å². The maximum atomic E-state index is 14.5. The molecule has 3 aromatic carbocycles. The van der Waals surface area contributed by atoms with Gasteiger partial charge in [-0.05, 0) is 89.4 Å². The molecule has 0 saturated carbocycles. The van der Waals surface area contributed by atoms with Crippen LogP contribution in [0, 0.1) is 12.7 Å². The molecule has 0 bridgehead atoms. The van der Waals surface area contributed by atoms with Crippen molar-refractivity contribution < 1.29 is 27.8 Å². The molecule has 3 atom stereocenters. The molecule has 0 amide bonds. The topological polar surface area (TPSA) is 65.0 Å². The molecule has 1 fully saturated rings. The highest BCUT2D eigenvalue weighted by atomic mass is 35.5. The molecular formula is C29H31ClFO5P. The van der Waals surface area contributed by atoms with Crippen molar-refractivity contribution in [2.24, 2.45) is 0 Å². The van der Waals surface area contributed by atoms with Gasteiger partial charge in [-0.25, -0.2) is 4.39 Å². The van der Waals surface area contributed by atoms with E-state index in [1.54, 1.807) is 6.07 Å². The van der Waals surface area contributed by atoms with Crippen LogP contribution in [0.15, 0.2) is 48.5 Å². The predicted molar refractivity (Wildman–Crippen MR) is 142 cm³/mol. The summed E-state index contributed by atoms with van der Waals surface area (Å²) in [6.45, 7) is 6.20. The summed E-state index contributed by atoms with van der Waals surface area (Å²) in [5, 5.41) is 10.8. The van der Waals surface area contributed by atoms with Gasteiger partial charge in [-0.2, -0.15) is 0 Å². The van der Waals surface area contributed by atoms with Crippen LogP contribution in [0.25, 0.3) is 0 Å². The normalized spacial score (nSPS) is 23.3. The second kappa shape index (κ2) is 10.4. The molecule has 37 heavy (non-hydrogen) atoms. The lowest BCUT2D eigenvalue weighted by molar-refractivity contribution is 0.0725. The van der Waals surface area contributed by atoms with Crippen molar-refractivity contribution in [3.8, 4) is 11.5 Å². The molecule has 2 aliphatic rings. The van der Waals surface area contributed by atoms with Gasteiger partial charge in [-0.15, -0.1) is 0 Å². The zero-order valence-electron chi connectivity index (χ0n) is 21.2. The summed E-state index contributed by atoms with van der Waals surface area (Å²) in [5.41, 5.74) is 5.66. The Kier molecular flexibility index (Phi) is 7.39. The third-order valence-electron chi connectivity index (χ3n) is 7.20. The molecule has 3 aromatic rings. The summed E-state index contributed by atoms with van der Waals surface area (Å²) in [7, 11) is -3.47. The van der Waals surface area contributed by atoms with E-state index in [2.05, 4.69) is 0 Å². The summed E-state index contributed by atoms with van der Waals surface area (Å²) in [5.74, 6) is -0.197. The highest BCUT2D eigenvalue weighted by Crippen LogP contribution is 2.56. The second-order valence-corrected chi connectivity index (χ2v) is 12.5. The Morgan fingerprint density at radius 1 is 1.16 bits per heavy atom. The largest absolute Gasteiger partial charge is 0.505 e. The summed E-state index contributed by atoms with van der Waals surface area (Å²) in [6.07, 6.45) is 1.69. The third kappa shape index (κ3) is 5.44. The maximum absolute atomic E-state index is 14.5. The van der Waals surface area contributed by atoms with Crippen LogP contribution in [0.2, 0.25) is 5.02 Å². The Balaban J connectivity index is 1.33. The standard InChI is InChI=1S/C29H31ClFO5P/c1-17(2)25-14-21(15-26(31)29(25)32)24-8-7-20-13-23(11-18(3)28(20)24)34-16-37(33)35-10-9-27(36-37)19-5-4-6-22(30)12-19/h4-6,11-15,17,24,27,32H,7-10,16H2,1-3H3/t24-,27-,37?/m0/s1. The number of hydrogen-bond acceptors (Lipinski definition) is 5. The SMILES string of the molecule is Cc1cc(OCP2(=O)OCC[C@@H](c3cccc(Cl)c3)O2)cc2c1[C@H](c1cc(F)c(O)c(C(C)C)c1)CC2. The first kappa shape index (κ1) is 26.2. The molecule has 1 heterocycles. The number of hydrogen-bond donors (Lipinski definition) is 1. The van der Waals surface area contributed by atoms with E-state index in [-0.39, 0.29) is 30.0 Å². The van der Waals surface area contributed by atoms with E-state index in [0.29, 0.717) is 29.4 Å². The van der Waals surface area contributed by atoms with Gasteiger partial charge in [0.05, 0.1) is 12.7 Å². The van der Waals surface area contributed by atoms with Gasteiger partial charge in [0.2, 0.25) is 0 Å². The van der Waals surface area contributed by atoms with Crippen LogP contribution in [0.5, 0.6) is 11.5 Å². The minimum Gasteiger partial charge on any atom is -0.505 e. The molecule has 1 aliphatic carbocycles. The molecule has 8 heteroatoms. The van der Waals surface area contributed by atoms with Crippen LogP contribution < -0.4 is 4.74 Å². The molecule has 5 rings (SSSR count). The van der Waals surface area contributed by atoms with Gasteiger partial charge in [0.1, 0.15) is 5.75 Å². The summed E-state index contributed by atoms with van der Waals surface area (Å²) >= 11 is 6.11. The number of phenolic OH excluding ortho intramolecular Hbond substituents is 1. The molecular weight excluding hydrogens is 514 g/mol. The van der Waals surface area contributed by atoms with Crippen molar-refractivity contribution in [2.45, 2.75) is 58.0 Å². The van der Waals surface area contributed by atoms with E-state index >= 15 is 0 Å². The molecule has 1 N–H and O–H groups in total. The van der Waals surface area contributed by atoms with Crippen molar-refractivity contribution in [1.29, 1.82) is 0 Å². The maximum Gasteiger partial charge on any atom is 0.368 e. The Bertz CT molecular complexity index is 1370. The van der Waals surface area contributed by atoms with Crippen molar-refractivity contribution in [3.63, 3.8) is 0 Å². The lowest BCUT2D eigenvalue weighted by Gasteiger charge is -2.30. The fourth-order valence-electron chi connectivity index (χ4n) is 5.42. The Morgan fingerprint density at radius 2 is 1.97 bits per heavy atom. The summed E-state index contributed by atoms with van der Waals surface area (Å²) in [4.78, 5) is 0. The van der Waals surface area contributed by atoms with E-state index in [1.807, 2.05) is 57.2 Å². The first-order valence-corrected chi connectivity index (χ1v) is 14.7. The highest BCUT2D eigenvalue weighted by molar-refractivity contribution is 7.53. The average Bonchev–Trinajstić information content (AvgIpc) is 3.29. The Hall–Kier alpha value is -2.37. The number of fused-ring (bicyclic) bond motifs is 1. The van der Waals surface area contributed by atoms with Gasteiger partial charge in [0.25, 0.3) is 0 Å². The number of halogens is 2. The first-order valence-electron chi connectivity index (χ1n) is 12.6. The van der Waals surface area contributed by atoms with Crippen molar-refractivity contribution >= 4 is 19.2 Å². The molecule has 1 unspecified atom stereocenters. The monoisotopic (exact) mass is 544 g/mol. The second-order valence-electron chi connectivity index (χ2n) is 10.2. The van der Waals surface area contributed by atoms with Crippen LogP contribution >= 0.6 is 19.2 Å². The fourth-order valence-corrected chi connectivity index (χ4v) is 7.12. The minimum atomic E-state index is -3.47. The molecule has 1 saturated heterocycles. The number of aryl methyl sites for hydroxylation is 2. The number of benzene rings is 3. The van der Waals surface area contributed by atoms with E-state index < -0.39 is 13.4 Å². The zero-order chi connectivity index (χ0) is 26.3. The lowest BCUT2D eigenvalue weighted by Crippen LogP contribution is -2.17. The molecule has 0 spiro atoms. The van der Waals surface area contributed by atoms with Gasteiger partial charge in [0.15, 0.2) is 17.9 Å². The summed E-state index contributed by atoms with van der Waals surface area (Å²) < 4.78 is 45.2. The number of rotatable bonds is 6. The number of aromatic hydroxyl groups is 1. The zero-order valence-corrected chi connectivity index (χ0v) is 22.8. The Morgan fingerprint density at radius 3 is 2.73 bits per heavy atom. The van der Waals surface area contributed by atoms with Gasteiger partial charge in [-0.1, -0.05) is 43.6 Å². The third-order valence-corrected chi connectivity index (χ3v) is 9.03. The van der Waals surface area contributed by atoms with Crippen LogP contribution in [0.1, 0.15) is 78.0 Å². The first-order chi connectivity index (χ1) is 17.6. The van der Waals surface area contributed by atoms with Gasteiger partial charge >= 0.3 is 7.60 Å². The van der Waals surface area contributed by atoms with Crippen LogP contribution in [-0.4, -0.2) is 18.1 Å². The van der Waals surface area contributed by atoms with Gasteiger partial charge < -0.3 is 14.4 Å².